The Kier molecular flexibility index (Phi) is 5.18. The van der Waals surface area contributed by atoms with E-state index in [0.717, 1.165) is 54.9 Å². The highest BCUT2D eigenvalue weighted by Gasteiger charge is 2.36. The minimum Gasteiger partial charge on any atom is -0.496 e. The number of ether oxygens (including phenoxy) is 1. The number of hydrogen-bond donors (Lipinski definition) is 0. The fourth-order valence-electron chi connectivity index (χ4n) is 4.44. The number of rotatable bonds is 5. The summed E-state index contributed by atoms with van der Waals surface area (Å²) in [6, 6.07) is 9.91. The van der Waals surface area contributed by atoms with Gasteiger partial charge in [0.1, 0.15) is 5.75 Å². The third-order valence-electron chi connectivity index (χ3n) is 6.28. The Morgan fingerprint density at radius 2 is 1.97 bits per heavy atom. The predicted octanol–water partition coefficient (Wildman–Crippen LogP) is 4.23. The molecule has 1 saturated heterocycles. The molecule has 5 rings (SSSR count). The Morgan fingerprint density at radius 1 is 1.13 bits per heavy atom. The number of benzene rings is 1. The maximum atomic E-state index is 13.4. The van der Waals surface area contributed by atoms with Crippen molar-refractivity contribution < 1.29 is 9.53 Å². The van der Waals surface area contributed by atoms with Gasteiger partial charge in [0.05, 0.1) is 30.3 Å². The Morgan fingerprint density at radius 3 is 2.74 bits per heavy atom. The van der Waals surface area contributed by atoms with Crippen LogP contribution in [0.4, 0.5) is 0 Å². The Bertz CT molecular complexity index is 1100. The standard InChI is InChI=1S/C24H27N5O2/c1-16-7-5-6-14-28(16)23(30)19-15-26-29(22(19)17-10-11-17)24-25-13-12-20(27-24)18-8-3-4-9-21(18)31-2/h3-4,8-9,12-13,15-17H,5-7,10-11,14H2,1-2H3/t16-/m0/s1. The summed E-state index contributed by atoms with van der Waals surface area (Å²) in [5.74, 6) is 1.65. The lowest BCUT2D eigenvalue weighted by Gasteiger charge is -2.33. The molecule has 160 valence electrons. The van der Waals surface area contributed by atoms with E-state index in [0.29, 0.717) is 17.4 Å². The second kappa shape index (κ2) is 8.13. The molecule has 7 heteroatoms. The molecule has 0 N–H and O–H groups in total. The van der Waals surface area contributed by atoms with Crippen LogP contribution in [0.15, 0.2) is 42.7 Å². The first-order chi connectivity index (χ1) is 15.2. The van der Waals surface area contributed by atoms with Crippen LogP contribution in [-0.2, 0) is 0 Å². The molecule has 1 aromatic carbocycles. The average Bonchev–Trinajstić information content (AvgIpc) is 3.56. The summed E-state index contributed by atoms with van der Waals surface area (Å²) in [4.78, 5) is 24.7. The van der Waals surface area contributed by atoms with E-state index < -0.39 is 0 Å². The molecule has 2 fully saturated rings. The van der Waals surface area contributed by atoms with Gasteiger partial charge in [-0.05, 0) is 57.2 Å². The molecule has 0 bridgehead atoms. The number of likely N-dealkylation sites (tertiary alicyclic amines) is 1. The summed E-state index contributed by atoms with van der Waals surface area (Å²) in [7, 11) is 1.65. The highest BCUT2D eigenvalue weighted by molar-refractivity contribution is 5.96. The van der Waals surface area contributed by atoms with E-state index in [-0.39, 0.29) is 11.9 Å². The molecule has 1 saturated carbocycles. The van der Waals surface area contributed by atoms with Crippen LogP contribution < -0.4 is 4.74 Å². The third kappa shape index (κ3) is 3.69. The predicted molar refractivity (Wildman–Crippen MR) is 117 cm³/mol. The van der Waals surface area contributed by atoms with Crippen molar-refractivity contribution in [1.82, 2.24) is 24.6 Å². The van der Waals surface area contributed by atoms with Gasteiger partial charge in [-0.1, -0.05) is 12.1 Å². The number of amides is 1. The van der Waals surface area contributed by atoms with Gasteiger partial charge in [-0.15, -0.1) is 0 Å². The molecule has 0 spiro atoms. The summed E-state index contributed by atoms with van der Waals surface area (Å²) in [5.41, 5.74) is 3.30. The van der Waals surface area contributed by atoms with E-state index in [1.165, 1.54) is 6.42 Å². The van der Waals surface area contributed by atoms with Gasteiger partial charge in [0.25, 0.3) is 11.9 Å². The molecule has 0 unspecified atom stereocenters. The lowest BCUT2D eigenvalue weighted by molar-refractivity contribution is 0.0634. The molecule has 2 aromatic heterocycles. The molecule has 3 heterocycles. The topological polar surface area (TPSA) is 73.1 Å². The maximum absolute atomic E-state index is 13.4. The number of piperidine rings is 1. The zero-order chi connectivity index (χ0) is 21.4. The van der Waals surface area contributed by atoms with E-state index in [2.05, 4.69) is 17.0 Å². The highest BCUT2D eigenvalue weighted by atomic mass is 16.5. The Balaban J connectivity index is 1.54. The molecule has 1 aliphatic heterocycles. The summed E-state index contributed by atoms with van der Waals surface area (Å²) in [6.07, 6.45) is 8.87. The molecule has 7 nitrogen and oxygen atoms in total. The van der Waals surface area contributed by atoms with Crippen LogP contribution in [0.2, 0.25) is 0 Å². The van der Waals surface area contributed by atoms with Crippen LogP contribution in [0, 0.1) is 0 Å². The Labute approximate surface area is 182 Å². The molecular weight excluding hydrogens is 390 g/mol. The van der Waals surface area contributed by atoms with Crippen molar-refractivity contribution in [3.8, 4) is 23.0 Å². The van der Waals surface area contributed by atoms with Crippen molar-refractivity contribution in [2.24, 2.45) is 0 Å². The zero-order valence-corrected chi connectivity index (χ0v) is 18.0. The number of aromatic nitrogens is 4. The summed E-state index contributed by atoms with van der Waals surface area (Å²) < 4.78 is 7.26. The van der Waals surface area contributed by atoms with E-state index in [1.54, 1.807) is 24.2 Å². The zero-order valence-electron chi connectivity index (χ0n) is 18.0. The van der Waals surface area contributed by atoms with Crippen LogP contribution in [0.3, 0.4) is 0 Å². The highest BCUT2D eigenvalue weighted by Crippen LogP contribution is 2.43. The minimum absolute atomic E-state index is 0.0845. The fourth-order valence-corrected chi connectivity index (χ4v) is 4.44. The van der Waals surface area contributed by atoms with Gasteiger partial charge in [0.15, 0.2) is 0 Å². The second-order valence-corrected chi connectivity index (χ2v) is 8.42. The molecule has 1 amide bonds. The van der Waals surface area contributed by atoms with Gasteiger partial charge in [-0.3, -0.25) is 4.79 Å². The number of para-hydroxylation sites is 1. The van der Waals surface area contributed by atoms with Crippen molar-refractivity contribution in [1.29, 1.82) is 0 Å². The molecule has 2 aliphatic rings. The average molecular weight is 418 g/mol. The van der Waals surface area contributed by atoms with Gasteiger partial charge in [-0.2, -0.15) is 5.10 Å². The second-order valence-electron chi connectivity index (χ2n) is 8.42. The number of hydrogen-bond acceptors (Lipinski definition) is 5. The van der Waals surface area contributed by atoms with Crippen molar-refractivity contribution in [2.75, 3.05) is 13.7 Å². The summed E-state index contributed by atoms with van der Waals surface area (Å²) >= 11 is 0. The molecular formula is C24H27N5O2. The first kappa shape index (κ1) is 19.7. The van der Waals surface area contributed by atoms with Crippen LogP contribution in [0.1, 0.15) is 61.0 Å². The van der Waals surface area contributed by atoms with Crippen molar-refractivity contribution >= 4 is 5.91 Å². The van der Waals surface area contributed by atoms with Crippen LogP contribution >= 0.6 is 0 Å². The lowest BCUT2D eigenvalue weighted by atomic mass is 10.0. The fraction of sp³-hybridized carbons (Fsp3) is 0.417. The van der Waals surface area contributed by atoms with Crippen LogP contribution in [-0.4, -0.2) is 50.3 Å². The smallest absolute Gasteiger partial charge is 0.257 e. The monoisotopic (exact) mass is 417 g/mol. The van der Waals surface area contributed by atoms with Crippen LogP contribution in [0.25, 0.3) is 17.2 Å². The number of carbonyl (C=O) groups is 1. The summed E-state index contributed by atoms with van der Waals surface area (Å²) in [6.45, 7) is 2.95. The molecule has 3 aromatic rings. The van der Waals surface area contributed by atoms with Crippen molar-refractivity contribution in [3.05, 3.63) is 54.0 Å². The van der Waals surface area contributed by atoms with Gasteiger partial charge in [0, 0.05) is 30.3 Å². The van der Waals surface area contributed by atoms with Gasteiger partial charge >= 0.3 is 0 Å². The van der Waals surface area contributed by atoms with Crippen LogP contribution in [0.5, 0.6) is 5.75 Å². The van der Waals surface area contributed by atoms with E-state index >= 15 is 0 Å². The van der Waals surface area contributed by atoms with E-state index in [4.69, 9.17) is 9.72 Å². The van der Waals surface area contributed by atoms with Gasteiger partial charge in [0.2, 0.25) is 0 Å². The van der Waals surface area contributed by atoms with E-state index in [1.807, 2.05) is 35.2 Å². The Hall–Kier alpha value is -3.22. The first-order valence-corrected chi connectivity index (χ1v) is 11.0. The van der Waals surface area contributed by atoms with Crippen molar-refractivity contribution in [3.63, 3.8) is 0 Å². The number of nitrogens with zero attached hydrogens (tertiary/aromatic N) is 5. The third-order valence-corrected chi connectivity index (χ3v) is 6.28. The molecule has 1 atom stereocenters. The maximum Gasteiger partial charge on any atom is 0.257 e. The quantitative estimate of drug-likeness (QED) is 0.621. The SMILES string of the molecule is COc1ccccc1-c1ccnc(-n2ncc(C(=O)N3CCCC[C@@H]3C)c2C2CC2)n1. The number of carbonyl (C=O) groups excluding carboxylic acids is 1. The summed E-state index contributed by atoms with van der Waals surface area (Å²) in [5, 5.41) is 4.58. The van der Waals surface area contributed by atoms with Gasteiger partial charge < -0.3 is 9.64 Å². The molecule has 1 aliphatic carbocycles. The lowest BCUT2D eigenvalue weighted by Crippen LogP contribution is -2.42. The number of methoxy groups -OCH3 is 1. The minimum atomic E-state index is 0.0845. The first-order valence-electron chi connectivity index (χ1n) is 11.0. The van der Waals surface area contributed by atoms with Crippen molar-refractivity contribution in [2.45, 2.75) is 51.0 Å². The van der Waals surface area contributed by atoms with E-state index in [9.17, 15) is 4.79 Å². The normalized spacial score (nSPS) is 18.8. The van der Waals surface area contributed by atoms with Gasteiger partial charge in [-0.25, -0.2) is 14.6 Å². The molecule has 0 radical (unpaired) electrons. The molecule has 31 heavy (non-hydrogen) atoms. The largest absolute Gasteiger partial charge is 0.496 e.